The maximum absolute atomic E-state index is 12.5. The van der Waals surface area contributed by atoms with E-state index in [4.69, 9.17) is 33.7 Å². The number of primary amides is 1. The molecule has 2 aromatic carbocycles. The van der Waals surface area contributed by atoms with Crippen LogP contribution in [0.2, 0.25) is 10.0 Å². The van der Waals surface area contributed by atoms with Crippen LogP contribution in [-0.2, 0) is 10.0 Å². The van der Waals surface area contributed by atoms with Crippen LogP contribution >= 0.6 is 23.2 Å². The number of nitrogens with one attached hydrogen (secondary N) is 1. The van der Waals surface area contributed by atoms with Crippen molar-refractivity contribution in [2.24, 2.45) is 5.73 Å². The normalized spacial score (nSPS) is 11.1. The van der Waals surface area contributed by atoms with Crippen molar-refractivity contribution in [3.05, 3.63) is 52.0 Å². The number of amides is 1. The molecule has 23 heavy (non-hydrogen) atoms. The standard InChI is InChI=1S/C14H12Cl2N2O4S/c1-22-13-3-2-8(14(17)19)4-12(13)18-23(20,21)11-6-9(15)5-10(16)7-11/h2-7,18H,1H3,(H2,17,19). The van der Waals surface area contributed by atoms with E-state index in [2.05, 4.69) is 4.72 Å². The molecule has 0 saturated heterocycles. The molecule has 2 aromatic rings. The zero-order valence-electron chi connectivity index (χ0n) is 11.8. The number of benzene rings is 2. The first-order valence-electron chi connectivity index (χ1n) is 6.19. The summed E-state index contributed by atoms with van der Waals surface area (Å²) in [6, 6.07) is 8.06. The summed E-state index contributed by atoms with van der Waals surface area (Å²) in [6.45, 7) is 0. The highest BCUT2D eigenvalue weighted by Crippen LogP contribution is 2.29. The molecular weight excluding hydrogens is 363 g/mol. The quantitative estimate of drug-likeness (QED) is 0.840. The molecule has 0 radical (unpaired) electrons. The van der Waals surface area contributed by atoms with Gasteiger partial charge in [0.2, 0.25) is 5.91 Å². The molecule has 2 rings (SSSR count). The summed E-state index contributed by atoms with van der Waals surface area (Å²) in [4.78, 5) is 11.1. The Labute approximate surface area is 143 Å². The van der Waals surface area contributed by atoms with Gasteiger partial charge in [0.1, 0.15) is 5.75 Å². The van der Waals surface area contributed by atoms with Gasteiger partial charge in [-0.1, -0.05) is 23.2 Å². The molecular formula is C14H12Cl2N2O4S. The number of hydrogen-bond donors (Lipinski definition) is 2. The highest BCUT2D eigenvalue weighted by molar-refractivity contribution is 7.92. The molecule has 0 fully saturated rings. The van der Waals surface area contributed by atoms with Crippen LogP contribution < -0.4 is 15.2 Å². The topological polar surface area (TPSA) is 98.5 Å². The lowest BCUT2D eigenvalue weighted by Gasteiger charge is -2.13. The lowest BCUT2D eigenvalue weighted by molar-refractivity contribution is 0.100. The maximum Gasteiger partial charge on any atom is 0.262 e. The van der Waals surface area contributed by atoms with Crippen molar-refractivity contribution < 1.29 is 17.9 Å². The first kappa shape index (κ1) is 17.4. The van der Waals surface area contributed by atoms with Crippen LogP contribution in [0.15, 0.2) is 41.3 Å². The average molecular weight is 375 g/mol. The third kappa shape index (κ3) is 4.07. The van der Waals surface area contributed by atoms with E-state index in [9.17, 15) is 13.2 Å². The van der Waals surface area contributed by atoms with E-state index < -0.39 is 15.9 Å². The van der Waals surface area contributed by atoms with Crippen molar-refractivity contribution in [2.75, 3.05) is 11.8 Å². The fourth-order valence-electron chi connectivity index (χ4n) is 1.83. The summed E-state index contributed by atoms with van der Waals surface area (Å²) < 4.78 is 32.3. The smallest absolute Gasteiger partial charge is 0.262 e. The van der Waals surface area contributed by atoms with Gasteiger partial charge in [0.25, 0.3) is 10.0 Å². The number of ether oxygens (including phenoxy) is 1. The van der Waals surface area contributed by atoms with Crippen LogP contribution in [0, 0.1) is 0 Å². The first-order chi connectivity index (χ1) is 10.7. The van der Waals surface area contributed by atoms with Crippen molar-refractivity contribution in [3.63, 3.8) is 0 Å². The van der Waals surface area contributed by atoms with Crippen LogP contribution in [0.5, 0.6) is 5.75 Å². The van der Waals surface area contributed by atoms with Gasteiger partial charge in [-0.15, -0.1) is 0 Å². The van der Waals surface area contributed by atoms with Crippen molar-refractivity contribution >= 4 is 44.8 Å². The van der Waals surface area contributed by atoms with E-state index >= 15 is 0 Å². The van der Waals surface area contributed by atoms with Gasteiger partial charge in [-0.3, -0.25) is 9.52 Å². The number of methoxy groups -OCH3 is 1. The predicted octanol–water partition coefficient (Wildman–Crippen LogP) is 2.90. The molecule has 0 aliphatic rings. The second kappa shape index (κ2) is 6.66. The van der Waals surface area contributed by atoms with Gasteiger partial charge in [0.05, 0.1) is 17.7 Å². The Morgan fingerprint density at radius 1 is 1.13 bits per heavy atom. The first-order valence-corrected chi connectivity index (χ1v) is 8.43. The summed E-state index contributed by atoms with van der Waals surface area (Å²) in [5.74, 6) is -0.467. The second-order valence-corrected chi connectivity index (χ2v) is 7.05. The SMILES string of the molecule is COc1ccc(C(N)=O)cc1NS(=O)(=O)c1cc(Cl)cc(Cl)c1. The summed E-state index contributed by atoms with van der Waals surface area (Å²) in [5.41, 5.74) is 5.40. The van der Waals surface area contributed by atoms with Gasteiger partial charge in [-0.05, 0) is 36.4 Å². The molecule has 6 nitrogen and oxygen atoms in total. The van der Waals surface area contributed by atoms with E-state index in [1.54, 1.807) is 0 Å². The predicted molar refractivity (Wildman–Crippen MR) is 88.8 cm³/mol. The third-order valence-corrected chi connectivity index (χ3v) is 4.66. The molecule has 0 aliphatic carbocycles. The van der Waals surface area contributed by atoms with Gasteiger partial charge in [-0.2, -0.15) is 0 Å². The number of halogens is 2. The zero-order valence-corrected chi connectivity index (χ0v) is 14.2. The molecule has 0 aliphatic heterocycles. The summed E-state index contributed by atoms with van der Waals surface area (Å²) in [7, 11) is -2.62. The number of hydrogen-bond acceptors (Lipinski definition) is 4. The molecule has 9 heteroatoms. The Kier molecular flexibility index (Phi) is 5.03. The second-order valence-electron chi connectivity index (χ2n) is 4.49. The summed E-state index contributed by atoms with van der Waals surface area (Å²) in [5, 5.41) is 0.353. The van der Waals surface area contributed by atoms with Crippen molar-refractivity contribution in [3.8, 4) is 5.75 Å². The van der Waals surface area contributed by atoms with E-state index in [-0.39, 0.29) is 31.9 Å². The minimum Gasteiger partial charge on any atom is -0.495 e. The van der Waals surface area contributed by atoms with E-state index in [0.717, 1.165) is 0 Å². The number of carbonyl (C=O) groups is 1. The van der Waals surface area contributed by atoms with Gasteiger partial charge in [-0.25, -0.2) is 8.42 Å². The highest BCUT2D eigenvalue weighted by atomic mass is 35.5. The molecule has 3 N–H and O–H groups in total. The minimum atomic E-state index is -3.98. The van der Waals surface area contributed by atoms with Gasteiger partial charge in [0.15, 0.2) is 0 Å². The highest BCUT2D eigenvalue weighted by Gasteiger charge is 2.19. The van der Waals surface area contributed by atoms with E-state index in [0.29, 0.717) is 0 Å². The monoisotopic (exact) mass is 374 g/mol. The lowest BCUT2D eigenvalue weighted by Crippen LogP contribution is -2.16. The fourth-order valence-corrected chi connectivity index (χ4v) is 3.61. The number of nitrogens with two attached hydrogens (primary N) is 1. The molecule has 0 bridgehead atoms. The Bertz CT molecular complexity index is 849. The van der Waals surface area contributed by atoms with Crippen LogP contribution in [0.25, 0.3) is 0 Å². The number of carbonyl (C=O) groups excluding carboxylic acids is 1. The van der Waals surface area contributed by atoms with Gasteiger partial charge < -0.3 is 10.5 Å². The van der Waals surface area contributed by atoms with Crippen LogP contribution in [0.1, 0.15) is 10.4 Å². The number of anilines is 1. The van der Waals surface area contributed by atoms with Crippen LogP contribution in [0.3, 0.4) is 0 Å². The Hall–Kier alpha value is -1.96. The molecule has 0 unspecified atom stereocenters. The lowest BCUT2D eigenvalue weighted by atomic mass is 10.2. The molecule has 0 atom stereocenters. The fraction of sp³-hybridized carbons (Fsp3) is 0.0714. The van der Waals surface area contributed by atoms with Crippen LogP contribution in [-0.4, -0.2) is 21.4 Å². The zero-order chi connectivity index (χ0) is 17.2. The van der Waals surface area contributed by atoms with Gasteiger partial charge >= 0.3 is 0 Å². The van der Waals surface area contributed by atoms with Crippen molar-refractivity contribution in [2.45, 2.75) is 4.90 Å². The molecule has 0 saturated carbocycles. The maximum atomic E-state index is 12.5. The van der Waals surface area contributed by atoms with E-state index in [1.165, 1.54) is 43.5 Å². The minimum absolute atomic E-state index is 0.0693. The number of sulfonamides is 1. The molecule has 0 heterocycles. The van der Waals surface area contributed by atoms with Crippen molar-refractivity contribution in [1.82, 2.24) is 0 Å². The Morgan fingerprint density at radius 3 is 2.26 bits per heavy atom. The Balaban J connectivity index is 2.47. The summed E-state index contributed by atoms with van der Waals surface area (Å²) in [6.07, 6.45) is 0. The summed E-state index contributed by atoms with van der Waals surface area (Å²) >= 11 is 11.6. The molecule has 0 spiro atoms. The van der Waals surface area contributed by atoms with Crippen LogP contribution in [0.4, 0.5) is 5.69 Å². The van der Waals surface area contributed by atoms with E-state index in [1.807, 2.05) is 0 Å². The van der Waals surface area contributed by atoms with Gasteiger partial charge in [0, 0.05) is 15.6 Å². The molecule has 122 valence electrons. The number of rotatable bonds is 5. The molecule has 1 amide bonds. The third-order valence-electron chi connectivity index (χ3n) is 2.87. The van der Waals surface area contributed by atoms with Crippen molar-refractivity contribution in [1.29, 1.82) is 0 Å². The largest absolute Gasteiger partial charge is 0.495 e. The molecule has 0 aromatic heterocycles. The average Bonchev–Trinajstić information content (AvgIpc) is 2.45. The Morgan fingerprint density at radius 2 is 1.74 bits per heavy atom.